The highest BCUT2D eigenvalue weighted by molar-refractivity contribution is 6.04. The molecule has 0 radical (unpaired) electrons. The minimum Gasteiger partial charge on any atom is -0.383 e. The van der Waals surface area contributed by atoms with Gasteiger partial charge < -0.3 is 16.0 Å². The molecule has 2 heterocycles. The Labute approximate surface area is 192 Å². The molecule has 0 aliphatic heterocycles. The number of nitriles is 1. The van der Waals surface area contributed by atoms with Gasteiger partial charge in [0.1, 0.15) is 5.69 Å². The summed E-state index contributed by atoms with van der Waals surface area (Å²) >= 11 is 0. The zero-order valence-electron chi connectivity index (χ0n) is 18.8. The largest absolute Gasteiger partial charge is 0.383 e. The van der Waals surface area contributed by atoms with Crippen molar-refractivity contribution in [1.29, 1.82) is 5.26 Å². The lowest BCUT2D eigenvalue weighted by Crippen LogP contribution is -2.39. The first-order chi connectivity index (χ1) is 15.7. The number of carbonyl (C=O) groups excluding carboxylic acids is 1. The number of imidazole rings is 1. The summed E-state index contributed by atoms with van der Waals surface area (Å²) in [4.78, 5) is 23.3. The molecule has 0 spiro atoms. The van der Waals surface area contributed by atoms with E-state index >= 15 is 0 Å². The van der Waals surface area contributed by atoms with Crippen molar-refractivity contribution >= 4 is 22.9 Å². The molecular weight excluding hydrogens is 414 g/mol. The van der Waals surface area contributed by atoms with E-state index in [1.54, 1.807) is 49.9 Å². The average molecular weight is 440 g/mol. The molecule has 33 heavy (non-hydrogen) atoms. The molecule has 0 bridgehead atoms. The fourth-order valence-electron chi connectivity index (χ4n) is 3.35. The van der Waals surface area contributed by atoms with Crippen LogP contribution in [0.3, 0.4) is 0 Å². The quantitative estimate of drug-likeness (QED) is 0.474. The molecule has 0 aliphatic carbocycles. The van der Waals surface area contributed by atoms with Gasteiger partial charge in [-0.1, -0.05) is 12.1 Å². The van der Waals surface area contributed by atoms with Crippen LogP contribution in [-0.4, -0.2) is 39.4 Å². The van der Waals surface area contributed by atoms with Crippen LogP contribution in [0.15, 0.2) is 67.1 Å². The predicted octanol–water partition coefficient (Wildman–Crippen LogP) is 3.69. The molecule has 166 valence electrons. The number of carbonyl (C=O) groups is 1. The van der Waals surface area contributed by atoms with E-state index in [-0.39, 0.29) is 17.1 Å². The van der Waals surface area contributed by atoms with Crippen LogP contribution in [0.25, 0.3) is 16.9 Å². The van der Waals surface area contributed by atoms with Crippen molar-refractivity contribution in [2.75, 3.05) is 23.8 Å². The first-order valence-electron chi connectivity index (χ1n) is 10.5. The van der Waals surface area contributed by atoms with Crippen molar-refractivity contribution in [3.8, 4) is 17.3 Å². The number of rotatable bonds is 6. The molecule has 0 saturated heterocycles. The summed E-state index contributed by atoms with van der Waals surface area (Å²) in [6.45, 7) is 4.60. The third kappa shape index (κ3) is 4.84. The third-order valence-electron chi connectivity index (χ3n) is 5.23. The second-order valence-electron chi connectivity index (χ2n) is 8.59. The first-order valence-corrected chi connectivity index (χ1v) is 10.5. The second-order valence-corrected chi connectivity index (χ2v) is 8.59. The lowest BCUT2D eigenvalue weighted by Gasteiger charge is -2.19. The SMILES string of the molecule is CN(C(=O)c1cn2c(-c3ccc(NCC(C)(C)N)cc3)cnc2cn1)c1ccc(C#N)cc1. The second kappa shape index (κ2) is 8.73. The Hall–Kier alpha value is -4.22. The van der Waals surface area contributed by atoms with Gasteiger partial charge in [0, 0.05) is 42.3 Å². The number of aromatic nitrogens is 3. The Kier molecular flexibility index (Phi) is 5.82. The Morgan fingerprint density at radius 1 is 1.12 bits per heavy atom. The number of nitrogens with two attached hydrogens (primary N) is 1. The maximum atomic E-state index is 13.1. The monoisotopic (exact) mass is 439 g/mol. The van der Waals surface area contributed by atoms with Crippen molar-refractivity contribution in [1.82, 2.24) is 14.4 Å². The third-order valence-corrected chi connectivity index (χ3v) is 5.23. The molecule has 2 aromatic heterocycles. The van der Waals surface area contributed by atoms with Gasteiger partial charge in [-0.3, -0.25) is 9.20 Å². The van der Waals surface area contributed by atoms with Crippen molar-refractivity contribution in [2.45, 2.75) is 19.4 Å². The van der Waals surface area contributed by atoms with Gasteiger partial charge in [-0.05, 0) is 50.2 Å². The number of fused-ring (bicyclic) bond motifs is 1. The van der Waals surface area contributed by atoms with Gasteiger partial charge in [-0.2, -0.15) is 5.26 Å². The van der Waals surface area contributed by atoms with E-state index in [9.17, 15) is 4.79 Å². The van der Waals surface area contributed by atoms with Crippen molar-refractivity contribution in [3.63, 3.8) is 0 Å². The van der Waals surface area contributed by atoms with Gasteiger partial charge in [0.25, 0.3) is 5.91 Å². The summed E-state index contributed by atoms with van der Waals surface area (Å²) < 4.78 is 1.86. The fourth-order valence-corrected chi connectivity index (χ4v) is 3.35. The smallest absolute Gasteiger partial charge is 0.278 e. The molecule has 8 heteroatoms. The molecule has 0 fully saturated rings. The molecule has 8 nitrogen and oxygen atoms in total. The number of benzene rings is 2. The van der Waals surface area contributed by atoms with E-state index in [0.29, 0.717) is 23.4 Å². The van der Waals surface area contributed by atoms with E-state index in [1.807, 2.05) is 42.5 Å². The van der Waals surface area contributed by atoms with Crippen molar-refractivity contribution in [3.05, 3.63) is 78.4 Å². The molecule has 0 unspecified atom stereocenters. The maximum absolute atomic E-state index is 13.1. The minimum absolute atomic E-state index is 0.259. The molecule has 4 rings (SSSR count). The highest BCUT2D eigenvalue weighted by atomic mass is 16.2. The number of amides is 1. The zero-order chi connectivity index (χ0) is 23.6. The summed E-state index contributed by atoms with van der Waals surface area (Å²) in [5, 5.41) is 12.3. The van der Waals surface area contributed by atoms with E-state index in [0.717, 1.165) is 16.9 Å². The van der Waals surface area contributed by atoms with E-state index < -0.39 is 0 Å². The van der Waals surface area contributed by atoms with Gasteiger partial charge in [0.2, 0.25) is 0 Å². The topological polar surface area (TPSA) is 112 Å². The van der Waals surface area contributed by atoms with Gasteiger partial charge >= 0.3 is 0 Å². The molecule has 1 amide bonds. The summed E-state index contributed by atoms with van der Waals surface area (Å²) in [6, 6.07) is 16.9. The van der Waals surface area contributed by atoms with Crippen LogP contribution in [0.2, 0.25) is 0 Å². The summed E-state index contributed by atoms with van der Waals surface area (Å²) in [6.07, 6.45) is 5.05. The number of hydrogen-bond acceptors (Lipinski definition) is 6. The maximum Gasteiger partial charge on any atom is 0.278 e. The highest BCUT2D eigenvalue weighted by Gasteiger charge is 2.17. The van der Waals surface area contributed by atoms with Gasteiger partial charge in [0.15, 0.2) is 5.65 Å². The minimum atomic E-state index is -0.304. The molecule has 4 aromatic rings. The number of nitrogens with one attached hydrogen (secondary N) is 1. The summed E-state index contributed by atoms with van der Waals surface area (Å²) in [5.41, 5.74) is 10.7. The zero-order valence-corrected chi connectivity index (χ0v) is 18.8. The van der Waals surface area contributed by atoms with Crippen molar-refractivity contribution < 1.29 is 4.79 Å². The molecule has 0 aliphatic rings. The number of nitrogens with zero attached hydrogens (tertiary/aromatic N) is 5. The van der Waals surface area contributed by atoms with Gasteiger partial charge in [0.05, 0.1) is 29.7 Å². The van der Waals surface area contributed by atoms with Crippen LogP contribution in [0.5, 0.6) is 0 Å². The Morgan fingerprint density at radius 3 is 2.45 bits per heavy atom. The van der Waals surface area contributed by atoms with Crippen LogP contribution in [0.4, 0.5) is 11.4 Å². The predicted molar refractivity (Wildman–Crippen MR) is 129 cm³/mol. The van der Waals surface area contributed by atoms with E-state index in [1.165, 1.54) is 4.90 Å². The summed E-state index contributed by atoms with van der Waals surface area (Å²) in [7, 11) is 1.68. The van der Waals surface area contributed by atoms with Crippen LogP contribution < -0.4 is 16.0 Å². The van der Waals surface area contributed by atoms with Crippen LogP contribution >= 0.6 is 0 Å². The Morgan fingerprint density at radius 2 is 1.82 bits per heavy atom. The normalized spacial score (nSPS) is 11.2. The van der Waals surface area contributed by atoms with Gasteiger partial charge in [-0.25, -0.2) is 9.97 Å². The Bertz CT molecular complexity index is 1330. The van der Waals surface area contributed by atoms with Crippen LogP contribution in [0.1, 0.15) is 29.9 Å². The molecule has 0 saturated carbocycles. The fraction of sp³-hybridized carbons (Fsp3) is 0.200. The van der Waals surface area contributed by atoms with Crippen molar-refractivity contribution in [2.24, 2.45) is 5.73 Å². The first kappa shape index (κ1) is 22.0. The lowest BCUT2D eigenvalue weighted by atomic mass is 10.1. The van der Waals surface area contributed by atoms with Gasteiger partial charge in [-0.15, -0.1) is 0 Å². The van der Waals surface area contributed by atoms with E-state index in [2.05, 4.69) is 21.4 Å². The van der Waals surface area contributed by atoms with E-state index in [4.69, 9.17) is 11.0 Å². The number of hydrogen-bond donors (Lipinski definition) is 2. The standard InChI is InChI=1S/C25H25N7O/c1-25(2,27)16-30-19-8-6-18(7-9-19)22-13-29-23-14-28-21(15-32(22)23)24(33)31(3)20-10-4-17(12-26)5-11-20/h4-11,13-15,30H,16,27H2,1-3H3. The van der Waals surface area contributed by atoms with Crippen LogP contribution in [0, 0.1) is 11.3 Å². The Balaban J connectivity index is 1.59. The van der Waals surface area contributed by atoms with Crippen LogP contribution in [-0.2, 0) is 0 Å². The highest BCUT2D eigenvalue weighted by Crippen LogP contribution is 2.24. The molecular formula is C25H25N7O. The molecule has 3 N–H and O–H groups in total. The molecule has 2 aromatic carbocycles. The average Bonchev–Trinajstić information content (AvgIpc) is 3.25. The summed E-state index contributed by atoms with van der Waals surface area (Å²) in [5.74, 6) is -0.259. The lowest BCUT2D eigenvalue weighted by molar-refractivity contribution is 0.0988. The number of anilines is 2. The molecule has 0 atom stereocenters.